The Morgan fingerprint density at radius 2 is 0.664 bits per heavy atom. The van der Waals surface area contributed by atoms with E-state index >= 15 is 0 Å². The predicted molar refractivity (Wildman–Crippen MR) is 395 cm³/mol. The van der Waals surface area contributed by atoms with Crippen LogP contribution < -0.4 is 16.7 Å². The van der Waals surface area contributed by atoms with Crippen LogP contribution in [0.15, 0.2) is 212 Å². The Hall–Kier alpha value is -10.9. The number of rotatable bonds is 15. The summed E-state index contributed by atoms with van der Waals surface area (Å²) in [5, 5.41) is 47.4. The smallest absolute Gasteiger partial charge is 0.264 e. The van der Waals surface area contributed by atoms with E-state index in [0.29, 0.717) is 123 Å². The van der Waals surface area contributed by atoms with Crippen LogP contribution in [0, 0.1) is 17.5 Å². The van der Waals surface area contributed by atoms with Crippen molar-refractivity contribution in [3.05, 3.63) is 248 Å². The lowest BCUT2D eigenvalue weighted by atomic mass is 9.91. The van der Waals surface area contributed by atoms with Gasteiger partial charge in [0.15, 0.2) is 16.9 Å². The predicted octanol–water partition coefficient (Wildman–Crippen LogP) is 7.36. The normalized spacial score (nSPS) is 16.0. The van der Waals surface area contributed by atoms with Crippen LogP contribution >= 0.6 is 11.8 Å². The molecule has 6 aromatic heterocycles. The Balaban J connectivity index is 0.000000142. The second-order valence-electron chi connectivity index (χ2n) is 26.6. The monoisotopic (exact) mass is 1510 g/mol. The third-order valence-electron chi connectivity index (χ3n) is 19.4. The van der Waals surface area contributed by atoms with E-state index in [1.807, 2.05) is 30.5 Å². The summed E-state index contributed by atoms with van der Waals surface area (Å²) in [6.07, 6.45) is 15.6. The number of thioether (sulfide) groups is 1. The van der Waals surface area contributed by atoms with Crippen molar-refractivity contribution in [2.24, 2.45) is 0 Å². The van der Waals surface area contributed by atoms with Gasteiger partial charge < -0.3 is 30.0 Å². The SMILES string of the molecule is CS(=O)c1ccc(-n2ncc3c(=O)n(CC4(O)CCN(C(=O)c5ccc(F)cc5)CC4)cnc32)cc1.CS(=O)c1ccc(-n2ncc3c(=O)n(CC4(O)CCN(C(=O)c5ccc(F)cc5)CC4)cnc32)cc1.CSc1ccc(-n2ncc3c(=O)n(CC4(O)CCN(C(=O)c5ccc(F)cc5)CC4)cnc32)cc1. The second kappa shape index (κ2) is 31.3. The molecule has 9 heterocycles. The van der Waals surface area contributed by atoms with Crippen LogP contribution in [0.4, 0.5) is 13.2 Å². The second-order valence-corrected chi connectivity index (χ2v) is 30.2. The fraction of sp³-hybridized carbons (Fsp3) is 0.280. The number of hydrogen-bond donors (Lipinski definition) is 3. The minimum Gasteiger partial charge on any atom is -0.388 e. The highest BCUT2D eigenvalue weighted by molar-refractivity contribution is 7.98. The average Bonchev–Trinajstić information content (AvgIpc) is 1.76. The van der Waals surface area contributed by atoms with Gasteiger partial charge in [-0.25, -0.2) is 42.2 Å². The van der Waals surface area contributed by atoms with E-state index in [-0.39, 0.29) is 79.7 Å². The first-order valence-electron chi connectivity index (χ1n) is 34.0. The standard InChI is InChI=1S/2C25H24FN5O4S.C25H24FN5O3S/c2*1-36(35)20-8-6-19(7-9-20)31-22-21(14-28-31)24(33)30(16-27-22)15-25(34)10-12-29(13-11-25)23(32)17-2-4-18(26)5-3-17;1-35-20-8-6-19(7-9-20)31-22-21(14-28-31)24(33)30(16-27-22)15-25(34)10-12-29(13-11-25)23(32)17-2-4-18(26)5-3-17/h2*2-9,14,16,34H,10-13,15H2,1H3;2-9,14,16,34H,10-13,15H2,1H3. The molecule has 0 radical (unpaired) electrons. The molecule has 12 aromatic rings. The number of carbonyl (C=O) groups excluding carboxylic acids is 3. The molecule has 15 rings (SSSR count). The lowest BCUT2D eigenvalue weighted by Crippen LogP contribution is -2.49. The van der Waals surface area contributed by atoms with Gasteiger partial charge >= 0.3 is 0 Å². The van der Waals surface area contributed by atoms with Crippen molar-refractivity contribution in [1.82, 2.24) is 72.7 Å². The maximum absolute atomic E-state index is 13.2. The molecule has 2 unspecified atom stereocenters. The van der Waals surface area contributed by atoms with E-state index in [1.54, 1.807) is 92.2 Å². The molecule has 0 bridgehead atoms. The summed E-state index contributed by atoms with van der Waals surface area (Å²) in [4.78, 5) is 98.1. The highest BCUT2D eigenvalue weighted by Gasteiger charge is 2.38. The van der Waals surface area contributed by atoms with Crippen molar-refractivity contribution in [1.29, 1.82) is 0 Å². The third-order valence-corrected chi connectivity index (χ3v) is 22.0. The van der Waals surface area contributed by atoms with Gasteiger partial charge in [0.1, 0.15) is 52.6 Å². The van der Waals surface area contributed by atoms with Crippen molar-refractivity contribution in [2.45, 2.75) is 89.6 Å². The molecule has 0 aliphatic carbocycles. The van der Waals surface area contributed by atoms with E-state index in [1.165, 1.54) is 133 Å². The number of likely N-dealkylation sites (tertiary alicyclic amines) is 3. The zero-order valence-corrected chi connectivity index (χ0v) is 60.6. The first kappa shape index (κ1) is 74.4. The Bertz CT molecular complexity index is 5290. The molecular formula is C75H72F3N15O11S3. The Labute approximate surface area is 617 Å². The van der Waals surface area contributed by atoms with Gasteiger partial charge in [0.25, 0.3) is 34.4 Å². The number of halogens is 3. The maximum Gasteiger partial charge on any atom is 0.264 e. The lowest BCUT2D eigenvalue weighted by molar-refractivity contribution is -0.0306. The zero-order valence-electron chi connectivity index (χ0n) is 58.1. The highest BCUT2D eigenvalue weighted by Crippen LogP contribution is 2.30. The number of piperidine rings is 3. The third kappa shape index (κ3) is 16.4. The van der Waals surface area contributed by atoms with Crippen molar-refractivity contribution in [2.75, 3.05) is 58.0 Å². The summed E-state index contributed by atoms with van der Waals surface area (Å²) in [5.74, 6) is -1.86. The van der Waals surface area contributed by atoms with Crippen molar-refractivity contribution in [3.63, 3.8) is 0 Å². The molecule has 552 valence electrons. The number of aliphatic hydroxyl groups is 3. The Kier molecular flexibility index (Phi) is 21.7. The average molecular weight is 1510 g/mol. The summed E-state index contributed by atoms with van der Waals surface area (Å²) in [6, 6.07) is 38.0. The van der Waals surface area contributed by atoms with Crippen LogP contribution in [0.1, 0.15) is 69.6 Å². The fourth-order valence-corrected chi connectivity index (χ4v) is 14.6. The van der Waals surface area contributed by atoms with Gasteiger partial charge in [-0.05, 0) is 190 Å². The summed E-state index contributed by atoms with van der Waals surface area (Å²) >= 11 is 1.64. The van der Waals surface area contributed by atoms with Crippen LogP contribution in [-0.4, -0.2) is 189 Å². The van der Waals surface area contributed by atoms with E-state index in [9.17, 15) is 65.7 Å². The van der Waals surface area contributed by atoms with E-state index in [2.05, 4.69) is 30.2 Å². The van der Waals surface area contributed by atoms with E-state index < -0.39 is 55.9 Å². The number of nitrogens with zero attached hydrogens (tertiary/aromatic N) is 15. The molecule has 3 N–H and O–H groups in total. The highest BCUT2D eigenvalue weighted by atomic mass is 32.2. The van der Waals surface area contributed by atoms with Gasteiger partial charge in [-0.2, -0.15) is 15.3 Å². The molecule has 6 aromatic carbocycles. The molecule has 0 spiro atoms. The van der Waals surface area contributed by atoms with Crippen LogP contribution in [-0.2, 0) is 41.2 Å². The number of carbonyl (C=O) groups is 3. The number of aromatic nitrogens is 12. The number of fused-ring (bicyclic) bond motifs is 3. The molecule has 0 saturated carbocycles. The molecule has 32 heteroatoms. The van der Waals surface area contributed by atoms with Crippen LogP contribution in [0.2, 0.25) is 0 Å². The number of hydrogen-bond acceptors (Lipinski definition) is 18. The van der Waals surface area contributed by atoms with Crippen molar-refractivity contribution in [3.8, 4) is 17.1 Å². The Morgan fingerprint density at radius 1 is 0.411 bits per heavy atom. The lowest BCUT2D eigenvalue weighted by Gasteiger charge is -2.38. The van der Waals surface area contributed by atoms with Crippen LogP contribution in [0.3, 0.4) is 0 Å². The van der Waals surface area contributed by atoms with E-state index in [4.69, 9.17) is 0 Å². The van der Waals surface area contributed by atoms with Gasteiger partial charge in [0.2, 0.25) is 0 Å². The van der Waals surface area contributed by atoms with E-state index in [0.717, 1.165) is 10.6 Å². The van der Waals surface area contributed by atoms with Crippen LogP contribution in [0.25, 0.3) is 50.2 Å². The van der Waals surface area contributed by atoms with Gasteiger partial charge in [0, 0.05) is 105 Å². The largest absolute Gasteiger partial charge is 0.388 e. The number of benzene rings is 6. The molecule has 3 aliphatic rings. The topological polar surface area (TPSA) is 314 Å². The van der Waals surface area contributed by atoms with Crippen LogP contribution in [0.5, 0.6) is 0 Å². The molecule has 2 atom stereocenters. The molecule has 3 saturated heterocycles. The minimum atomic E-state index is -1.18. The zero-order chi connectivity index (χ0) is 75.5. The number of amides is 3. The molecule has 107 heavy (non-hydrogen) atoms. The summed E-state index contributed by atoms with van der Waals surface area (Å²) in [5.41, 5.74) is 0.139. The van der Waals surface area contributed by atoms with Gasteiger partial charge in [-0.1, -0.05) is 0 Å². The molecule has 3 aliphatic heterocycles. The molecule has 3 amide bonds. The van der Waals surface area contributed by atoms with Crippen molar-refractivity contribution >= 4 is 84.2 Å². The fourth-order valence-electron chi connectivity index (χ4n) is 13.2. The van der Waals surface area contributed by atoms with Gasteiger partial charge in [0.05, 0.1) is 72.1 Å². The van der Waals surface area contributed by atoms with Gasteiger partial charge in [-0.15, -0.1) is 11.8 Å². The quantitative estimate of drug-likeness (QED) is 0.0844. The minimum absolute atomic E-state index is 0.0372. The van der Waals surface area contributed by atoms with Gasteiger partial charge in [-0.3, -0.25) is 50.9 Å². The summed E-state index contributed by atoms with van der Waals surface area (Å²) in [6.45, 7) is 2.07. The Morgan fingerprint density at radius 3 is 0.907 bits per heavy atom. The van der Waals surface area contributed by atoms with Crippen molar-refractivity contribution < 1.29 is 51.3 Å². The maximum atomic E-state index is 13.2. The molecule has 26 nitrogen and oxygen atoms in total. The first-order chi connectivity index (χ1) is 51.3. The molecular weight excluding hydrogens is 1440 g/mol. The summed E-state index contributed by atoms with van der Waals surface area (Å²) < 4.78 is 71.6. The first-order valence-corrected chi connectivity index (χ1v) is 38.3. The summed E-state index contributed by atoms with van der Waals surface area (Å²) in [7, 11) is -2.20. The molecule has 3 fully saturated rings.